The Bertz CT molecular complexity index is 712. The van der Waals surface area contributed by atoms with Crippen molar-refractivity contribution in [1.29, 1.82) is 0 Å². The molecule has 0 radical (unpaired) electrons. The Hall–Kier alpha value is -0.470. The third-order valence-electron chi connectivity index (χ3n) is 4.91. The average Bonchev–Trinajstić information content (AvgIpc) is 2.27. The summed E-state index contributed by atoms with van der Waals surface area (Å²) >= 11 is 0. The lowest BCUT2D eigenvalue weighted by Gasteiger charge is -2.60. The molecule has 0 aromatic rings. The number of halogens is 3. The zero-order valence-electron chi connectivity index (χ0n) is 12.2. The molecule has 0 aromatic carbocycles. The monoisotopic (exact) mass is 395 g/mol. The van der Waals surface area contributed by atoms with Crippen LogP contribution in [0.25, 0.3) is 0 Å². The van der Waals surface area contributed by atoms with E-state index in [1.54, 1.807) is 0 Å². The molecule has 4 aliphatic rings. The van der Waals surface area contributed by atoms with Crippen molar-refractivity contribution in [1.82, 2.24) is 4.13 Å². The van der Waals surface area contributed by atoms with Gasteiger partial charge in [0.25, 0.3) is 0 Å². The molecule has 0 amide bonds. The molecule has 4 bridgehead atoms. The molecule has 4 saturated carbocycles. The first-order valence-electron chi connectivity index (χ1n) is 7.12. The maximum Gasteiger partial charge on any atom is 0.512 e. The van der Waals surface area contributed by atoms with Crippen molar-refractivity contribution in [3.8, 4) is 0 Å². The number of sulfonamides is 1. The van der Waals surface area contributed by atoms with E-state index in [4.69, 9.17) is 4.18 Å². The molecule has 24 heavy (non-hydrogen) atoms. The SMILES string of the molecule is O=S(=O)(NS(=O)(=O)C(F)(F)F)OC1C2CC3(O)CC1CC(O)(C2)C3. The summed E-state index contributed by atoms with van der Waals surface area (Å²) in [5.41, 5.74) is -8.11. The van der Waals surface area contributed by atoms with E-state index in [9.17, 15) is 40.2 Å². The number of hydrogen-bond donors (Lipinski definition) is 3. The van der Waals surface area contributed by atoms with Crippen LogP contribution in [-0.2, 0) is 24.5 Å². The molecule has 3 N–H and O–H groups in total. The van der Waals surface area contributed by atoms with Gasteiger partial charge < -0.3 is 10.2 Å². The predicted octanol–water partition coefficient (Wildman–Crippen LogP) is -0.259. The second kappa shape index (κ2) is 5.04. The van der Waals surface area contributed by atoms with Crippen LogP contribution in [0.15, 0.2) is 0 Å². The van der Waals surface area contributed by atoms with Gasteiger partial charge in [-0.3, -0.25) is 4.18 Å². The lowest BCUT2D eigenvalue weighted by atomic mass is 9.51. The Morgan fingerprint density at radius 2 is 1.38 bits per heavy atom. The van der Waals surface area contributed by atoms with Crippen LogP contribution in [0, 0.1) is 11.8 Å². The lowest BCUT2D eigenvalue weighted by molar-refractivity contribution is -0.228. The maximum atomic E-state index is 12.3. The molecule has 8 nitrogen and oxygen atoms in total. The van der Waals surface area contributed by atoms with Crippen molar-refractivity contribution in [2.75, 3.05) is 0 Å². The van der Waals surface area contributed by atoms with Gasteiger partial charge in [0, 0.05) is 6.42 Å². The Morgan fingerprint density at radius 3 is 1.75 bits per heavy atom. The minimum absolute atomic E-state index is 0.137. The van der Waals surface area contributed by atoms with Gasteiger partial charge in [-0.2, -0.15) is 21.6 Å². The molecule has 140 valence electrons. The van der Waals surface area contributed by atoms with Gasteiger partial charge in [-0.25, -0.2) is 8.42 Å². The molecule has 0 aromatic heterocycles. The lowest BCUT2D eigenvalue weighted by Crippen LogP contribution is -2.64. The number of hydrogen-bond acceptors (Lipinski definition) is 7. The van der Waals surface area contributed by atoms with Crippen molar-refractivity contribution in [2.24, 2.45) is 11.8 Å². The number of aliphatic hydroxyl groups is 2. The Kier molecular flexibility index (Phi) is 3.85. The summed E-state index contributed by atoms with van der Waals surface area (Å²) in [6.45, 7) is 0. The van der Waals surface area contributed by atoms with E-state index in [1.165, 1.54) is 0 Å². The summed E-state index contributed by atoms with van der Waals surface area (Å²) in [5, 5.41) is 20.7. The van der Waals surface area contributed by atoms with Gasteiger partial charge in [0.05, 0.1) is 17.3 Å². The molecule has 13 heteroatoms. The molecular weight excluding hydrogens is 379 g/mol. The van der Waals surface area contributed by atoms with Crippen molar-refractivity contribution < 1.29 is 44.4 Å². The third kappa shape index (κ3) is 3.17. The number of rotatable bonds is 4. The van der Waals surface area contributed by atoms with E-state index in [1.807, 2.05) is 0 Å². The van der Waals surface area contributed by atoms with Crippen molar-refractivity contribution in [3.63, 3.8) is 0 Å². The Balaban J connectivity index is 1.78. The van der Waals surface area contributed by atoms with Crippen molar-refractivity contribution >= 4 is 20.3 Å². The highest BCUT2D eigenvalue weighted by Crippen LogP contribution is 2.58. The second-order valence-corrected chi connectivity index (χ2v) is 10.2. The maximum absolute atomic E-state index is 12.3. The van der Waals surface area contributed by atoms with Gasteiger partial charge in [0.15, 0.2) is 0 Å². The quantitative estimate of drug-likeness (QED) is 0.598. The zero-order chi connectivity index (χ0) is 18.2. The average molecular weight is 395 g/mol. The van der Waals surface area contributed by atoms with Gasteiger partial charge >= 0.3 is 25.8 Å². The van der Waals surface area contributed by atoms with Crippen LogP contribution in [0.2, 0.25) is 0 Å². The van der Waals surface area contributed by atoms with E-state index in [-0.39, 0.29) is 32.1 Å². The summed E-state index contributed by atoms with van der Waals surface area (Å²) < 4.78 is 87.4. The summed E-state index contributed by atoms with van der Waals surface area (Å²) in [4.78, 5) is 0. The molecule has 4 fully saturated rings. The largest absolute Gasteiger partial charge is 0.512 e. The van der Waals surface area contributed by atoms with Gasteiger partial charge in [0.1, 0.15) is 0 Å². The van der Waals surface area contributed by atoms with Crippen molar-refractivity contribution in [2.45, 2.75) is 54.9 Å². The summed E-state index contributed by atoms with van der Waals surface area (Å²) in [5.74, 6) is -1.18. The highest BCUT2D eigenvalue weighted by molar-refractivity contribution is 8.03. The summed E-state index contributed by atoms with van der Waals surface area (Å²) in [6, 6.07) is 0. The van der Waals surface area contributed by atoms with Crippen LogP contribution in [0.5, 0.6) is 0 Å². The number of alkyl halides is 3. The molecule has 0 unspecified atom stereocenters. The smallest absolute Gasteiger partial charge is 0.390 e. The topological polar surface area (TPSA) is 130 Å². The van der Waals surface area contributed by atoms with Crippen LogP contribution in [0.4, 0.5) is 13.2 Å². The minimum Gasteiger partial charge on any atom is -0.390 e. The fourth-order valence-corrected chi connectivity index (χ4v) is 6.74. The van der Waals surface area contributed by atoms with E-state index in [0.717, 1.165) is 0 Å². The summed E-state index contributed by atoms with van der Waals surface area (Å²) in [6.07, 6.45) is -0.383. The van der Waals surface area contributed by atoms with Crippen LogP contribution < -0.4 is 4.13 Å². The first kappa shape index (κ1) is 18.3. The van der Waals surface area contributed by atoms with Gasteiger partial charge in [-0.05, 0) is 37.5 Å². The van der Waals surface area contributed by atoms with E-state index in [2.05, 4.69) is 0 Å². The highest BCUT2D eigenvalue weighted by atomic mass is 32.3. The van der Waals surface area contributed by atoms with Gasteiger partial charge in [-0.1, -0.05) is 4.13 Å². The molecule has 0 aliphatic heterocycles. The highest BCUT2D eigenvalue weighted by Gasteiger charge is 2.62. The third-order valence-corrected chi connectivity index (χ3v) is 7.69. The molecule has 4 rings (SSSR count). The zero-order valence-corrected chi connectivity index (χ0v) is 13.8. The Labute approximate surface area is 136 Å². The van der Waals surface area contributed by atoms with Crippen molar-refractivity contribution in [3.05, 3.63) is 0 Å². The van der Waals surface area contributed by atoms with Crippen LogP contribution in [-0.4, -0.2) is 49.9 Å². The molecule has 0 spiro atoms. The first-order valence-corrected chi connectivity index (χ1v) is 10.0. The van der Waals surface area contributed by atoms with E-state index >= 15 is 0 Å². The van der Waals surface area contributed by atoms with E-state index < -0.39 is 55.0 Å². The molecule has 0 atom stereocenters. The number of nitrogens with one attached hydrogen (secondary N) is 1. The standard InChI is InChI=1S/C11H16F3NO7S2/c12-11(13,14)23(18,19)15-24(20,21)22-8-6-1-9(16)3-7(8)4-10(17,2-6)5-9/h6-8,15-17H,1-5H2. The molecule has 4 aliphatic carbocycles. The van der Waals surface area contributed by atoms with E-state index in [0.29, 0.717) is 4.13 Å². The first-order chi connectivity index (χ1) is 10.6. The fourth-order valence-electron chi connectivity index (χ4n) is 4.52. The van der Waals surface area contributed by atoms with Gasteiger partial charge in [-0.15, -0.1) is 0 Å². The minimum atomic E-state index is -6.12. The normalized spacial score (nSPS) is 42.5. The second-order valence-electron chi connectivity index (χ2n) is 7.01. The predicted molar refractivity (Wildman–Crippen MR) is 71.9 cm³/mol. The van der Waals surface area contributed by atoms with Crippen LogP contribution in [0.1, 0.15) is 32.1 Å². The Morgan fingerprint density at radius 1 is 0.958 bits per heavy atom. The van der Waals surface area contributed by atoms with Crippen LogP contribution in [0.3, 0.4) is 0 Å². The fraction of sp³-hybridized carbons (Fsp3) is 1.00. The van der Waals surface area contributed by atoms with Gasteiger partial charge in [0.2, 0.25) is 0 Å². The molecule has 0 saturated heterocycles. The summed E-state index contributed by atoms with van der Waals surface area (Å²) in [7, 11) is -11.3. The molecule has 0 heterocycles. The molecular formula is C11H16F3NO7S2. The van der Waals surface area contributed by atoms with Crippen LogP contribution >= 0.6 is 0 Å².